The van der Waals surface area contributed by atoms with E-state index in [1.54, 1.807) is 0 Å². The van der Waals surface area contributed by atoms with Gasteiger partial charge in [-0.05, 0) is 118 Å². The van der Waals surface area contributed by atoms with E-state index in [0.29, 0.717) is 0 Å². The highest BCUT2D eigenvalue weighted by Gasteiger charge is 2.44. The molecule has 292 valence electrons. The van der Waals surface area contributed by atoms with Crippen molar-refractivity contribution in [2.24, 2.45) is 0 Å². The summed E-state index contributed by atoms with van der Waals surface area (Å²) in [7, 11) is 0. The van der Waals surface area contributed by atoms with Crippen LogP contribution in [0.2, 0.25) is 0 Å². The van der Waals surface area contributed by atoms with Crippen LogP contribution in [-0.4, -0.2) is 4.57 Å². The molecular weight excluding hydrogens is 739 g/mol. The Kier molecular flexibility index (Phi) is 7.62. The average Bonchev–Trinajstić information content (AvgIpc) is 3.63. The third-order valence-corrected chi connectivity index (χ3v) is 13.7. The Bertz CT molecular complexity index is 3300. The lowest BCUT2D eigenvalue weighted by atomic mass is 9.68. The summed E-state index contributed by atoms with van der Waals surface area (Å²) in [4.78, 5) is 4.80. The SMILES string of the molecule is CC1(C)c2cccc3c2-n2c4c1cc(-c1ccc(N(c5ccccc5)c5ccccc5)cc1)cc4c1cc(N(c4ccccc4)c4cccc5ccccc45)cc(c12)C3(C)C. The number of nitrogens with zero attached hydrogens (tertiary/aromatic N) is 3. The minimum absolute atomic E-state index is 0.225. The van der Waals surface area contributed by atoms with Crippen molar-refractivity contribution in [1.29, 1.82) is 0 Å². The number of aromatic nitrogens is 1. The maximum absolute atomic E-state index is 2.63. The van der Waals surface area contributed by atoms with Crippen molar-refractivity contribution >= 4 is 66.7 Å². The van der Waals surface area contributed by atoms with Gasteiger partial charge in [-0.25, -0.2) is 0 Å². The van der Waals surface area contributed by atoms with E-state index < -0.39 is 0 Å². The maximum atomic E-state index is 2.63. The normalized spacial score (nSPS) is 14.2. The summed E-state index contributed by atoms with van der Waals surface area (Å²) < 4.78 is 2.63. The van der Waals surface area contributed by atoms with E-state index in [4.69, 9.17) is 0 Å². The monoisotopic (exact) mass is 783 g/mol. The van der Waals surface area contributed by atoms with E-state index in [1.807, 2.05) is 0 Å². The van der Waals surface area contributed by atoms with Crippen molar-refractivity contribution in [3.05, 3.63) is 222 Å². The Labute approximate surface area is 357 Å². The van der Waals surface area contributed by atoms with Gasteiger partial charge in [0.2, 0.25) is 0 Å². The minimum Gasteiger partial charge on any atom is -0.311 e. The van der Waals surface area contributed by atoms with Crippen LogP contribution in [0.4, 0.5) is 34.1 Å². The van der Waals surface area contributed by atoms with Gasteiger partial charge >= 0.3 is 0 Å². The molecule has 0 bridgehead atoms. The molecule has 3 heterocycles. The van der Waals surface area contributed by atoms with Gasteiger partial charge in [-0.3, -0.25) is 0 Å². The lowest BCUT2D eigenvalue weighted by molar-refractivity contribution is 0.594. The number of anilines is 6. The zero-order chi connectivity index (χ0) is 41.0. The van der Waals surface area contributed by atoms with E-state index in [2.05, 4.69) is 242 Å². The molecule has 12 rings (SSSR count). The molecule has 1 aromatic heterocycles. The van der Waals surface area contributed by atoms with E-state index in [-0.39, 0.29) is 10.8 Å². The van der Waals surface area contributed by atoms with Crippen LogP contribution < -0.4 is 9.80 Å². The van der Waals surface area contributed by atoms with Gasteiger partial charge in [0.15, 0.2) is 0 Å². The molecule has 0 saturated heterocycles. The predicted molar refractivity (Wildman–Crippen MR) is 257 cm³/mol. The Hall–Kier alpha value is -7.36. The highest BCUT2D eigenvalue weighted by Crippen LogP contribution is 2.57. The summed E-state index contributed by atoms with van der Waals surface area (Å²) in [5, 5.41) is 5.03. The number of fused-ring (bicyclic) bond motifs is 2. The van der Waals surface area contributed by atoms with E-state index in [0.717, 1.165) is 28.4 Å². The maximum Gasteiger partial charge on any atom is 0.0583 e. The molecule has 0 amide bonds. The molecule has 0 spiro atoms. The molecule has 0 aliphatic carbocycles. The number of hydrogen-bond acceptors (Lipinski definition) is 2. The van der Waals surface area contributed by atoms with Crippen LogP contribution in [0.3, 0.4) is 0 Å². The summed E-state index contributed by atoms with van der Waals surface area (Å²) in [6.45, 7) is 9.71. The molecule has 3 nitrogen and oxygen atoms in total. The van der Waals surface area contributed by atoms with Crippen LogP contribution >= 0.6 is 0 Å². The van der Waals surface area contributed by atoms with E-state index in [9.17, 15) is 0 Å². The molecule has 10 aromatic rings. The summed E-state index contributed by atoms with van der Waals surface area (Å²) >= 11 is 0. The van der Waals surface area contributed by atoms with Crippen LogP contribution in [0.25, 0.3) is 49.4 Å². The minimum atomic E-state index is -0.249. The average molecular weight is 784 g/mol. The second-order valence-corrected chi connectivity index (χ2v) is 17.8. The molecule has 0 atom stereocenters. The van der Waals surface area contributed by atoms with Crippen LogP contribution in [0, 0.1) is 0 Å². The summed E-state index contributed by atoms with van der Waals surface area (Å²) in [6.07, 6.45) is 0. The molecule has 3 heteroatoms. The first-order chi connectivity index (χ1) is 29.8. The van der Waals surface area contributed by atoms with Crippen LogP contribution in [-0.2, 0) is 10.8 Å². The molecule has 61 heavy (non-hydrogen) atoms. The fourth-order valence-corrected chi connectivity index (χ4v) is 10.6. The first kappa shape index (κ1) is 35.6. The van der Waals surface area contributed by atoms with E-state index >= 15 is 0 Å². The van der Waals surface area contributed by atoms with Crippen molar-refractivity contribution < 1.29 is 0 Å². The quantitative estimate of drug-likeness (QED) is 0.159. The summed E-state index contributed by atoms with van der Waals surface area (Å²) in [5.41, 5.74) is 18.3. The van der Waals surface area contributed by atoms with Crippen LogP contribution in [0.15, 0.2) is 200 Å². The third kappa shape index (κ3) is 5.17. The van der Waals surface area contributed by atoms with Gasteiger partial charge in [0, 0.05) is 55.4 Å². The second-order valence-electron chi connectivity index (χ2n) is 17.8. The highest BCUT2D eigenvalue weighted by atomic mass is 15.2. The summed E-state index contributed by atoms with van der Waals surface area (Å²) in [5.74, 6) is 0. The molecule has 2 aliphatic heterocycles. The van der Waals surface area contributed by atoms with Gasteiger partial charge in [-0.15, -0.1) is 0 Å². The standard InChI is InChI=1S/C58H45N3/c1-57(2)49-27-17-28-50-56(49)61-54-47(34-40(35-51(54)57)38-30-32-44(33-31-38)59(41-20-8-5-9-21-41)42-22-10-6-11-23-42)48-36-45(37-52(55(48)61)58(50,3)4)60(43-24-12-7-13-25-43)53-29-16-19-39-18-14-15-26-46(39)53/h5-37H,1-4H3. The number of benzene rings is 9. The van der Waals surface area contributed by atoms with Crippen molar-refractivity contribution in [3.63, 3.8) is 0 Å². The zero-order valence-electron chi connectivity index (χ0n) is 34.9. The van der Waals surface area contributed by atoms with Crippen molar-refractivity contribution in [1.82, 2.24) is 4.57 Å². The Morgan fingerprint density at radius 1 is 0.344 bits per heavy atom. The van der Waals surface area contributed by atoms with Crippen molar-refractivity contribution in [2.45, 2.75) is 38.5 Å². The zero-order valence-corrected chi connectivity index (χ0v) is 34.9. The molecule has 9 aromatic carbocycles. The van der Waals surface area contributed by atoms with Gasteiger partial charge in [-0.1, -0.05) is 149 Å². The molecule has 0 radical (unpaired) electrons. The van der Waals surface area contributed by atoms with Crippen molar-refractivity contribution in [2.75, 3.05) is 9.80 Å². The van der Waals surface area contributed by atoms with Crippen LogP contribution in [0.5, 0.6) is 0 Å². The van der Waals surface area contributed by atoms with Crippen LogP contribution in [0.1, 0.15) is 49.9 Å². The fraction of sp³-hybridized carbons (Fsp3) is 0.103. The number of rotatable bonds is 7. The molecule has 0 fully saturated rings. The second kappa shape index (κ2) is 13.1. The van der Waals surface area contributed by atoms with Gasteiger partial charge in [0.25, 0.3) is 0 Å². The molecule has 0 unspecified atom stereocenters. The van der Waals surface area contributed by atoms with Gasteiger partial charge in [0.1, 0.15) is 0 Å². The molecule has 0 saturated carbocycles. The Balaban J connectivity index is 1.13. The van der Waals surface area contributed by atoms with Crippen molar-refractivity contribution in [3.8, 4) is 16.8 Å². The molecule has 2 aliphatic rings. The topological polar surface area (TPSA) is 11.4 Å². The molecular formula is C58H45N3. The predicted octanol–water partition coefficient (Wildman–Crippen LogP) is 15.8. The lowest BCUT2D eigenvalue weighted by Crippen LogP contribution is -2.33. The number of hydrogen-bond donors (Lipinski definition) is 0. The largest absolute Gasteiger partial charge is 0.311 e. The fourth-order valence-electron chi connectivity index (χ4n) is 10.6. The Morgan fingerprint density at radius 3 is 1.46 bits per heavy atom. The Morgan fingerprint density at radius 2 is 0.836 bits per heavy atom. The first-order valence-corrected chi connectivity index (χ1v) is 21.4. The van der Waals surface area contributed by atoms with Gasteiger partial charge in [0.05, 0.1) is 22.4 Å². The first-order valence-electron chi connectivity index (χ1n) is 21.4. The number of para-hydroxylation sites is 4. The smallest absolute Gasteiger partial charge is 0.0583 e. The third-order valence-electron chi connectivity index (χ3n) is 13.7. The molecule has 0 N–H and O–H groups in total. The summed E-state index contributed by atoms with van der Waals surface area (Å²) in [6, 6.07) is 73.7. The highest BCUT2D eigenvalue weighted by molar-refractivity contribution is 6.16. The van der Waals surface area contributed by atoms with E-state index in [1.165, 1.54) is 77.3 Å². The van der Waals surface area contributed by atoms with Gasteiger partial charge < -0.3 is 14.4 Å². The van der Waals surface area contributed by atoms with Gasteiger partial charge in [-0.2, -0.15) is 0 Å². The lowest BCUT2D eigenvalue weighted by Gasteiger charge is -2.42.